The van der Waals surface area contributed by atoms with Gasteiger partial charge < -0.3 is 15.2 Å². The average Bonchev–Trinajstić information content (AvgIpc) is 2.30. The van der Waals surface area contributed by atoms with Gasteiger partial charge in [0.25, 0.3) is 0 Å². The Labute approximate surface area is 101 Å². The van der Waals surface area contributed by atoms with Crippen LogP contribution in [0.25, 0.3) is 0 Å². The molecule has 1 amide bonds. The Bertz CT molecular complexity index is 476. The van der Waals surface area contributed by atoms with E-state index < -0.39 is 29.1 Å². The van der Waals surface area contributed by atoms with Crippen LogP contribution in [0.1, 0.15) is 17.3 Å². The predicted octanol–water partition coefficient (Wildman–Crippen LogP) is 1.64. The molecule has 0 spiro atoms. The molecule has 0 aliphatic carbocycles. The number of carboxylic acid groups (broad SMARTS) is 1. The number of hydrogen-bond donors (Lipinski definition) is 2. The van der Waals surface area contributed by atoms with Gasteiger partial charge in [-0.3, -0.25) is 4.79 Å². The highest BCUT2D eigenvalue weighted by Gasteiger charge is 2.16. The van der Waals surface area contributed by atoms with Crippen LogP contribution in [0.2, 0.25) is 0 Å². The van der Waals surface area contributed by atoms with Crippen LogP contribution in [0, 0.1) is 11.6 Å². The summed E-state index contributed by atoms with van der Waals surface area (Å²) in [6, 6.07) is 1.12. The highest BCUT2D eigenvalue weighted by Crippen LogP contribution is 2.20. The van der Waals surface area contributed by atoms with Crippen molar-refractivity contribution in [3.8, 4) is 0 Å². The summed E-state index contributed by atoms with van der Waals surface area (Å²) in [4.78, 5) is 22.1. The van der Waals surface area contributed by atoms with Crippen molar-refractivity contribution in [3.63, 3.8) is 0 Å². The first-order valence-corrected chi connectivity index (χ1v) is 5.05. The number of benzene rings is 1. The molecule has 7 heteroatoms. The number of nitrogens with one attached hydrogen (secondary N) is 1. The molecule has 0 fully saturated rings. The van der Waals surface area contributed by atoms with E-state index in [1.807, 2.05) is 0 Å². The Balaban J connectivity index is 2.96. The highest BCUT2D eigenvalue weighted by atomic mass is 19.2. The maximum absolute atomic E-state index is 13.0. The molecule has 0 aliphatic heterocycles. The molecule has 0 bridgehead atoms. The number of carboxylic acids is 1. The summed E-state index contributed by atoms with van der Waals surface area (Å²) in [6.45, 7) is 1.68. The molecule has 0 heterocycles. The van der Waals surface area contributed by atoms with Crippen LogP contribution in [-0.4, -0.2) is 30.2 Å². The molecule has 1 aromatic carbocycles. The second-order valence-corrected chi connectivity index (χ2v) is 3.30. The molecule has 0 saturated carbocycles. The number of anilines is 1. The minimum Gasteiger partial charge on any atom is -0.478 e. The quantitative estimate of drug-likeness (QED) is 0.842. The zero-order valence-electron chi connectivity index (χ0n) is 9.50. The normalized spacial score (nSPS) is 10.2. The lowest BCUT2D eigenvalue weighted by molar-refractivity contribution is -0.120. The highest BCUT2D eigenvalue weighted by molar-refractivity contribution is 6.00. The van der Waals surface area contributed by atoms with Crippen LogP contribution in [0.3, 0.4) is 0 Å². The monoisotopic (exact) mass is 259 g/mol. The smallest absolute Gasteiger partial charge is 0.337 e. The summed E-state index contributed by atoms with van der Waals surface area (Å²) >= 11 is 0. The summed E-state index contributed by atoms with van der Waals surface area (Å²) < 4.78 is 30.7. The number of amides is 1. The largest absolute Gasteiger partial charge is 0.478 e. The number of carbonyl (C=O) groups excluding carboxylic acids is 1. The second kappa shape index (κ2) is 6.06. The van der Waals surface area contributed by atoms with Gasteiger partial charge in [0.2, 0.25) is 5.91 Å². The van der Waals surface area contributed by atoms with E-state index in [-0.39, 0.29) is 12.3 Å². The maximum atomic E-state index is 13.0. The number of ether oxygens (including phenoxy) is 1. The molecule has 2 N–H and O–H groups in total. The Morgan fingerprint density at radius 1 is 1.33 bits per heavy atom. The van der Waals surface area contributed by atoms with E-state index >= 15 is 0 Å². The molecule has 0 saturated heterocycles. The van der Waals surface area contributed by atoms with E-state index in [9.17, 15) is 18.4 Å². The van der Waals surface area contributed by atoms with Gasteiger partial charge in [0, 0.05) is 12.7 Å². The Morgan fingerprint density at radius 3 is 2.50 bits per heavy atom. The summed E-state index contributed by atoms with van der Waals surface area (Å²) in [5.74, 6) is -4.66. The minimum atomic E-state index is -1.47. The van der Waals surface area contributed by atoms with Crippen LogP contribution in [0.4, 0.5) is 14.5 Å². The average molecular weight is 259 g/mol. The number of halogens is 2. The third kappa shape index (κ3) is 3.49. The lowest BCUT2D eigenvalue weighted by Crippen LogP contribution is -2.20. The van der Waals surface area contributed by atoms with Gasteiger partial charge >= 0.3 is 5.97 Å². The molecule has 1 aromatic rings. The molecule has 0 aliphatic rings. The van der Waals surface area contributed by atoms with Gasteiger partial charge in [-0.05, 0) is 13.0 Å². The second-order valence-electron chi connectivity index (χ2n) is 3.30. The summed E-state index contributed by atoms with van der Waals surface area (Å²) in [7, 11) is 0. The molecule has 0 atom stereocenters. The van der Waals surface area contributed by atoms with E-state index in [2.05, 4.69) is 5.32 Å². The SMILES string of the molecule is CCOCC(=O)Nc1cc(F)c(F)cc1C(=O)O. The number of aromatic carboxylic acids is 1. The molecule has 0 aromatic heterocycles. The van der Waals surface area contributed by atoms with Crippen molar-refractivity contribution in [1.29, 1.82) is 0 Å². The van der Waals surface area contributed by atoms with E-state index in [4.69, 9.17) is 9.84 Å². The first-order chi connectivity index (χ1) is 8.45. The van der Waals surface area contributed by atoms with Crippen LogP contribution < -0.4 is 5.32 Å². The Hall–Kier alpha value is -2.02. The predicted molar refractivity (Wildman–Crippen MR) is 58.4 cm³/mol. The topological polar surface area (TPSA) is 75.6 Å². The maximum Gasteiger partial charge on any atom is 0.337 e. The van der Waals surface area contributed by atoms with Crippen LogP contribution in [0.5, 0.6) is 0 Å². The van der Waals surface area contributed by atoms with Crippen molar-refractivity contribution in [2.45, 2.75) is 6.92 Å². The van der Waals surface area contributed by atoms with E-state index in [0.717, 1.165) is 0 Å². The van der Waals surface area contributed by atoms with Gasteiger partial charge in [0.15, 0.2) is 11.6 Å². The Kier molecular flexibility index (Phi) is 4.73. The first kappa shape index (κ1) is 14.0. The van der Waals surface area contributed by atoms with Crippen molar-refractivity contribution in [1.82, 2.24) is 0 Å². The van der Waals surface area contributed by atoms with Crippen molar-refractivity contribution in [2.75, 3.05) is 18.5 Å². The molecular formula is C11H11F2NO4. The van der Waals surface area contributed by atoms with Crippen LogP contribution >= 0.6 is 0 Å². The number of hydrogen-bond acceptors (Lipinski definition) is 3. The van der Waals surface area contributed by atoms with Gasteiger partial charge in [-0.1, -0.05) is 0 Å². The van der Waals surface area contributed by atoms with Crippen molar-refractivity contribution in [2.24, 2.45) is 0 Å². The van der Waals surface area contributed by atoms with Crippen molar-refractivity contribution in [3.05, 3.63) is 29.3 Å². The number of carbonyl (C=O) groups is 2. The van der Waals surface area contributed by atoms with E-state index in [1.165, 1.54) is 0 Å². The van der Waals surface area contributed by atoms with Crippen molar-refractivity contribution < 1.29 is 28.2 Å². The van der Waals surface area contributed by atoms with Gasteiger partial charge in [0.1, 0.15) is 6.61 Å². The third-order valence-electron chi connectivity index (χ3n) is 2.00. The zero-order valence-corrected chi connectivity index (χ0v) is 9.50. The molecule has 5 nitrogen and oxygen atoms in total. The fraction of sp³-hybridized carbons (Fsp3) is 0.273. The minimum absolute atomic E-state index is 0.297. The molecule has 18 heavy (non-hydrogen) atoms. The Morgan fingerprint density at radius 2 is 1.94 bits per heavy atom. The summed E-state index contributed by atoms with van der Waals surface area (Å²) in [6.07, 6.45) is 0. The molecule has 98 valence electrons. The van der Waals surface area contributed by atoms with Gasteiger partial charge in [-0.25, -0.2) is 13.6 Å². The fourth-order valence-corrected chi connectivity index (χ4v) is 1.21. The number of rotatable bonds is 5. The molecule has 0 radical (unpaired) electrons. The van der Waals surface area contributed by atoms with Crippen LogP contribution in [-0.2, 0) is 9.53 Å². The standard InChI is InChI=1S/C11H11F2NO4/c1-2-18-5-10(15)14-9-4-8(13)7(12)3-6(9)11(16)17/h3-4H,2,5H2,1H3,(H,14,15)(H,16,17). The third-order valence-corrected chi connectivity index (χ3v) is 2.00. The lowest BCUT2D eigenvalue weighted by Gasteiger charge is -2.09. The first-order valence-electron chi connectivity index (χ1n) is 5.05. The van der Waals surface area contributed by atoms with E-state index in [0.29, 0.717) is 18.7 Å². The molecule has 0 unspecified atom stereocenters. The fourth-order valence-electron chi connectivity index (χ4n) is 1.21. The van der Waals surface area contributed by atoms with Gasteiger partial charge in [0.05, 0.1) is 11.3 Å². The summed E-state index contributed by atoms with van der Waals surface area (Å²) in [5.41, 5.74) is -0.843. The zero-order chi connectivity index (χ0) is 13.7. The van der Waals surface area contributed by atoms with Gasteiger partial charge in [-0.15, -0.1) is 0 Å². The van der Waals surface area contributed by atoms with Gasteiger partial charge in [-0.2, -0.15) is 0 Å². The van der Waals surface area contributed by atoms with Crippen LogP contribution in [0.15, 0.2) is 12.1 Å². The lowest BCUT2D eigenvalue weighted by atomic mass is 10.1. The molecular weight excluding hydrogens is 248 g/mol. The molecule has 1 rings (SSSR count). The van der Waals surface area contributed by atoms with Crippen molar-refractivity contribution >= 4 is 17.6 Å². The summed E-state index contributed by atoms with van der Waals surface area (Å²) in [5, 5.41) is 10.9. The van der Waals surface area contributed by atoms with E-state index in [1.54, 1.807) is 6.92 Å².